The molecule has 0 aliphatic rings. The van der Waals surface area contributed by atoms with Crippen LogP contribution in [0, 0.1) is 10.1 Å². The van der Waals surface area contributed by atoms with E-state index in [1.165, 1.54) is 54.8 Å². The van der Waals surface area contributed by atoms with E-state index in [-0.39, 0.29) is 23.8 Å². The highest BCUT2D eigenvalue weighted by molar-refractivity contribution is 6.02. The molecular formula is C17H14N2O6. The van der Waals surface area contributed by atoms with E-state index in [0.717, 1.165) is 0 Å². The molecule has 2 aromatic rings. The van der Waals surface area contributed by atoms with Crippen molar-refractivity contribution in [2.24, 2.45) is 0 Å². The molecule has 0 radical (unpaired) electrons. The summed E-state index contributed by atoms with van der Waals surface area (Å²) >= 11 is 0. The smallest absolute Gasteiger partial charge is 0.355 e. The first kappa shape index (κ1) is 17.7. The minimum atomic E-state index is -0.779. The third kappa shape index (κ3) is 4.90. The largest absolute Gasteiger partial charge is 0.459 e. The molecular weight excluding hydrogens is 328 g/mol. The number of carbonyl (C=O) groups excluding carboxylic acids is 2. The fourth-order valence-corrected chi connectivity index (χ4v) is 1.81. The lowest BCUT2D eigenvalue weighted by atomic mass is 10.1. The molecule has 0 aliphatic heterocycles. The van der Waals surface area contributed by atoms with E-state index in [1.807, 2.05) is 0 Å². The fraction of sp³-hybridized carbons (Fsp3) is 0.0588. The van der Waals surface area contributed by atoms with Crippen LogP contribution in [0.5, 0.6) is 0 Å². The van der Waals surface area contributed by atoms with Crippen molar-refractivity contribution in [3.63, 3.8) is 0 Å². The zero-order chi connectivity index (χ0) is 18.2. The Morgan fingerprint density at radius 2 is 2.00 bits per heavy atom. The lowest BCUT2D eigenvalue weighted by Crippen LogP contribution is -2.28. The number of nitrogens with zero attached hydrogens (tertiary/aromatic N) is 1. The van der Waals surface area contributed by atoms with Crippen molar-refractivity contribution < 1.29 is 23.7 Å². The van der Waals surface area contributed by atoms with Gasteiger partial charge in [-0.1, -0.05) is 12.7 Å². The van der Waals surface area contributed by atoms with E-state index in [0.29, 0.717) is 5.56 Å². The summed E-state index contributed by atoms with van der Waals surface area (Å²) < 4.78 is 9.89. The van der Waals surface area contributed by atoms with E-state index in [1.54, 1.807) is 0 Å². The van der Waals surface area contributed by atoms with Crippen molar-refractivity contribution in [2.45, 2.75) is 0 Å². The highest BCUT2D eigenvalue weighted by Crippen LogP contribution is 2.14. The Hall–Kier alpha value is -3.68. The molecule has 8 nitrogen and oxygen atoms in total. The normalized spacial score (nSPS) is 10.8. The van der Waals surface area contributed by atoms with Gasteiger partial charge >= 0.3 is 5.97 Å². The molecule has 2 rings (SSSR count). The minimum absolute atomic E-state index is 0.0196. The number of nitro groups is 1. The number of carbonyl (C=O) groups is 2. The predicted molar refractivity (Wildman–Crippen MR) is 88.4 cm³/mol. The van der Waals surface area contributed by atoms with Crippen LogP contribution in [0.25, 0.3) is 6.08 Å². The van der Waals surface area contributed by atoms with Gasteiger partial charge in [0.05, 0.1) is 11.2 Å². The van der Waals surface area contributed by atoms with E-state index in [4.69, 9.17) is 9.15 Å². The van der Waals surface area contributed by atoms with Crippen LogP contribution in [0.2, 0.25) is 0 Å². The highest BCUT2D eigenvalue weighted by Gasteiger charge is 2.17. The van der Waals surface area contributed by atoms with Crippen molar-refractivity contribution in [3.05, 3.63) is 82.5 Å². The minimum Gasteiger partial charge on any atom is -0.459 e. The van der Waals surface area contributed by atoms with Crippen LogP contribution in [0.1, 0.15) is 16.1 Å². The second-order valence-electron chi connectivity index (χ2n) is 4.73. The molecule has 8 heteroatoms. The van der Waals surface area contributed by atoms with Gasteiger partial charge < -0.3 is 14.5 Å². The third-order valence-electron chi connectivity index (χ3n) is 2.96. The molecule has 0 spiro atoms. The molecule has 1 aromatic carbocycles. The standard InChI is InChI=1S/C17H14N2O6/c1-2-9-25-17(21)14(18-16(20)15-4-3-10-24-15)11-12-5-7-13(8-6-12)19(22)23/h2-8,10-11H,1,9H2,(H,18,20). The molecule has 0 fully saturated rings. The summed E-state index contributed by atoms with van der Waals surface area (Å²) in [5.41, 5.74) is 0.237. The summed E-state index contributed by atoms with van der Waals surface area (Å²) in [5.74, 6) is -1.39. The van der Waals surface area contributed by atoms with Crippen molar-refractivity contribution in [3.8, 4) is 0 Å². The summed E-state index contributed by atoms with van der Waals surface area (Å²) in [7, 11) is 0. The summed E-state index contributed by atoms with van der Waals surface area (Å²) in [6, 6.07) is 8.42. The number of non-ortho nitro benzene ring substituents is 1. The van der Waals surface area contributed by atoms with Gasteiger partial charge in [-0.15, -0.1) is 0 Å². The topological polar surface area (TPSA) is 112 Å². The number of esters is 1. The highest BCUT2D eigenvalue weighted by atomic mass is 16.6. The van der Waals surface area contributed by atoms with Gasteiger partial charge in [0.1, 0.15) is 12.3 Å². The predicted octanol–water partition coefficient (Wildman–Crippen LogP) is 2.69. The number of benzene rings is 1. The van der Waals surface area contributed by atoms with Crippen LogP contribution in [-0.4, -0.2) is 23.4 Å². The van der Waals surface area contributed by atoms with Crippen LogP contribution in [0.4, 0.5) is 5.69 Å². The Labute approximate surface area is 142 Å². The van der Waals surface area contributed by atoms with E-state index in [9.17, 15) is 19.7 Å². The molecule has 0 aliphatic carbocycles. The Balaban J connectivity index is 2.26. The van der Waals surface area contributed by atoms with Gasteiger partial charge in [-0.2, -0.15) is 0 Å². The van der Waals surface area contributed by atoms with E-state index in [2.05, 4.69) is 11.9 Å². The van der Waals surface area contributed by atoms with Gasteiger partial charge in [-0.25, -0.2) is 4.79 Å². The SMILES string of the molecule is C=CCOC(=O)C(=Cc1ccc([N+](=O)[O-])cc1)NC(=O)c1ccco1. The van der Waals surface area contributed by atoms with Crippen molar-refractivity contribution in [1.29, 1.82) is 0 Å². The van der Waals surface area contributed by atoms with Gasteiger partial charge in [0.2, 0.25) is 0 Å². The average Bonchev–Trinajstić information content (AvgIpc) is 3.14. The number of nitrogens with one attached hydrogen (secondary N) is 1. The number of rotatable bonds is 7. The van der Waals surface area contributed by atoms with Gasteiger partial charge in [0, 0.05) is 12.1 Å². The van der Waals surface area contributed by atoms with Crippen LogP contribution in [0.3, 0.4) is 0 Å². The molecule has 1 heterocycles. The second kappa shape index (κ2) is 8.25. The molecule has 1 N–H and O–H groups in total. The molecule has 0 unspecified atom stereocenters. The zero-order valence-electron chi connectivity index (χ0n) is 13.0. The summed E-state index contributed by atoms with van der Waals surface area (Å²) in [5, 5.41) is 13.1. The lowest BCUT2D eigenvalue weighted by molar-refractivity contribution is -0.384. The monoisotopic (exact) mass is 342 g/mol. The maximum absolute atomic E-state index is 12.1. The van der Waals surface area contributed by atoms with Crippen molar-refractivity contribution in [2.75, 3.05) is 6.61 Å². The van der Waals surface area contributed by atoms with Gasteiger partial charge in [-0.05, 0) is 35.9 Å². The van der Waals surface area contributed by atoms with Gasteiger partial charge in [0.25, 0.3) is 11.6 Å². The number of furan rings is 1. The molecule has 25 heavy (non-hydrogen) atoms. The Morgan fingerprint density at radius 1 is 1.28 bits per heavy atom. The third-order valence-corrected chi connectivity index (χ3v) is 2.96. The van der Waals surface area contributed by atoms with Crippen molar-refractivity contribution >= 4 is 23.6 Å². The average molecular weight is 342 g/mol. The first-order valence-electron chi connectivity index (χ1n) is 7.10. The summed E-state index contributed by atoms with van der Waals surface area (Å²) in [6.45, 7) is 3.41. The summed E-state index contributed by atoms with van der Waals surface area (Å²) in [6.07, 6.45) is 4.05. The fourth-order valence-electron chi connectivity index (χ4n) is 1.81. The first-order valence-corrected chi connectivity index (χ1v) is 7.10. The second-order valence-corrected chi connectivity index (χ2v) is 4.73. The van der Waals surface area contributed by atoms with Crippen LogP contribution < -0.4 is 5.32 Å². The first-order chi connectivity index (χ1) is 12.0. The molecule has 0 saturated heterocycles. The molecule has 0 saturated carbocycles. The number of hydrogen-bond donors (Lipinski definition) is 1. The van der Waals surface area contributed by atoms with Gasteiger partial charge in [0.15, 0.2) is 5.76 Å². The molecule has 1 amide bonds. The van der Waals surface area contributed by atoms with Crippen LogP contribution in [-0.2, 0) is 9.53 Å². The number of nitro benzene ring substituents is 1. The maximum atomic E-state index is 12.1. The number of hydrogen-bond acceptors (Lipinski definition) is 6. The molecule has 128 valence electrons. The summed E-state index contributed by atoms with van der Waals surface area (Å²) in [4.78, 5) is 34.3. The number of amides is 1. The Kier molecular flexibility index (Phi) is 5.83. The van der Waals surface area contributed by atoms with Crippen molar-refractivity contribution in [1.82, 2.24) is 5.32 Å². The number of ether oxygens (including phenoxy) is 1. The Morgan fingerprint density at radius 3 is 2.56 bits per heavy atom. The molecule has 0 bridgehead atoms. The van der Waals surface area contributed by atoms with Crippen LogP contribution >= 0.6 is 0 Å². The quantitative estimate of drug-likeness (QED) is 0.272. The van der Waals surface area contributed by atoms with Crippen LogP contribution in [0.15, 0.2) is 65.4 Å². The van der Waals surface area contributed by atoms with E-state index < -0.39 is 16.8 Å². The lowest BCUT2D eigenvalue weighted by Gasteiger charge is -2.08. The zero-order valence-corrected chi connectivity index (χ0v) is 13.0. The van der Waals surface area contributed by atoms with Gasteiger partial charge in [-0.3, -0.25) is 14.9 Å². The maximum Gasteiger partial charge on any atom is 0.355 e. The molecule has 1 aromatic heterocycles. The molecule has 0 atom stereocenters. The Bertz CT molecular complexity index is 806. The van der Waals surface area contributed by atoms with E-state index >= 15 is 0 Å².